The van der Waals surface area contributed by atoms with Crippen LogP contribution in [-0.4, -0.2) is 58.5 Å². The molecule has 1 N–H and O–H groups in total. The molecule has 1 aromatic heterocycles. The fourth-order valence-electron chi connectivity index (χ4n) is 3.41. The highest BCUT2D eigenvalue weighted by Gasteiger charge is 2.35. The summed E-state index contributed by atoms with van der Waals surface area (Å²) in [5.41, 5.74) is 0.142. The number of aromatic nitrogens is 3. The lowest BCUT2D eigenvalue weighted by Gasteiger charge is -2.39. The van der Waals surface area contributed by atoms with Gasteiger partial charge >= 0.3 is 0 Å². The number of rotatable bonds is 5. The van der Waals surface area contributed by atoms with Crippen LogP contribution in [0.25, 0.3) is 0 Å². The van der Waals surface area contributed by atoms with Gasteiger partial charge < -0.3 is 15.0 Å². The third-order valence-corrected chi connectivity index (χ3v) is 4.65. The topological polar surface area (TPSA) is 67.6 Å². The molecule has 0 spiro atoms. The van der Waals surface area contributed by atoms with Gasteiger partial charge in [0.2, 0.25) is 0 Å². The molecule has 1 aliphatic heterocycles. The lowest BCUT2D eigenvalue weighted by molar-refractivity contribution is -0.0824. The fourth-order valence-corrected chi connectivity index (χ4v) is 3.41. The molecule has 1 fully saturated rings. The van der Waals surface area contributed by atoms with Crippen LogP contribution in [0.1, 0.15) is 46.4 Å². The molecule has 0 saturated carbocycles. The molecule has 0 aromatic carbocycles. The molecule has 1 aliphatic rings. The van der Waals surface area contributed by atoms with Crippen molar-refractivity contribution in [1.29, 1.82) is 0 Å². The molecule has 1 saturated heterocycles. The first-order valence-electron chi connectivity index (χ1n) is 9.26. The lowest BCUT2D eigenvalue weighted by atomic mass is 9.78. The highest BCUT2D eigenvalue weighted by Crippen LogP contribution is 2.34. The number of guanidine groups is 1. The predicted octanol–water partition coefficient (Wildman–Crippen LogP) is 2.67. The molecule has 8 heteroatoms. The molecule has 0 bridgehead atoms. The van der Waals surface area contributed by atoms with Crippen molar-refractivity contribution >= 4 is 29.9 Å². The summed E-state index contributed by atoms with van der Waals surface area (Å²) in [6.45, 7) is 12.0. The molecule has 0 aliphatic carbocycles. The van der Waals surface area contributed by atoms with Crippen molar-refractivity contribution in [1.82, 2.24) is 25.0 Å². The Morgan fingerprint density at radius 2 is 2.19 bits per heavy atom. The maximum atomic E-state index is 6.08. The van der Waals surface area contributed by atoms with Gasteiger partial charge in [-0.15, -0.1) is 24.0 Å². The average molecular weight is 478 g/mol. The molecule has 1 aromatic rings. The van der Waals surface area contributed by atoms with E-state index in [-0.39, 0.29) is 35.5 Å². The first kappa shape index (κ1) is 23.1. The van der Waals surface area contributed by atoms with Crippen LogP contribution in [0.4, 0.5) is 0 Å². The third kappa shape index (κ3) is 6.37. The number of hydrogen-bond acceptors (Lipinski definition) is 4. The van der Waals surface area contributed by atoms with Crippen molar-refractivity contribution in [2.45, 2.75) is 53.2 Å². The van der Waals surface area contributed by atoms with Gasteiger partial charge in [-0.3, -0.25) is 9.67 Å². The zero-order valence-corrected chi connectivity index (χ0v) is 19.4. The van der Waals surface area contributed by atoms with E-state index in [1.165, 1.54) is 6.42 Å². The van der Waals surface area contributed by atoms with Crippen molar-refractivity contribution < 1.29 is 4.74 Å². The van der Waals surface area contributed by atoms with Gasteiger partial charge in [0, 0.05) is 39.7 Å². The van der Waals surface area contributed by atoms with Crippen molar-refractivity contribution in [3.8, 4) is 0 Å². The Bertz CT molecular complexity index is 568. The number of halogens is 1. The Kier molecular flexibility index (Phi) is 9.29. The molecule has 150 valence electrons. The zero-order chi connectivity index (χ0) is 18.4. The summed E-state index contributed by atoms with van der Waals surface area (Å²) < 4.78 is 7.88. The normalized spacial score (nSPS) is 21.2. The quantitative estimate of drug-likeness (QED) is 0.401. The monoisotopic (exact) mass is 478 g/mol. The number of hydrogen-bond donors (Lipinski definition) is 1. The van der Waals surface area contributed by atoms with Crippen molar-refractivity contribution in [2.24, 2.45) is 23.4 Å². The van der Waals surface area contributed by atoms with Crippen molar-refractivity contribution in [2.75, 3.05) is 26.7 Å². The number of aryl methyl sites for hydroxylation is 1. The SMILES string of the molecule is CCNC(=NCC1CCCOC1C(C)(C)C)N(C)Cc1ncnn1C.I. The average Bonchev–Trinajstić information content (AvgIpc) is 2.95. The van der Waals surface area contributed by atoms with Gasteiger partial charge in [0.25, 0.3) is 0 Å². The van der Waals surface area contributed by atoms with Crippen molar-refractivity contribution in [3.05, 3.63) is 12.2 Å². The Hall–Kier alpha value is -0.900. The van der Waals surface area contributed by atoms with E-state index in [1.54, 1.807) is 11.0 Å². The van der Waals surface area contributed by atoms with Crippen LogP contribution in [0.2, 0.25) is 0 Å². The lowest BCUT2D eigenvalue weighted by Crippen LogP contribution is -2.43. The third-order valence-electron chi connectivity index (χ3n) is 4.65. The Morgan fingerprint density at radius 1 is 1.46 bits per heavy atom. The van der Waals surface area contributed by atoms with Gasteiger partial charge in [0.05, 0.1) is 12.6 Å². The van der Waals surface area contributed by atoms with Gasteiger partial charge in [-0.1, -0.05) is 20.8 Å². The zero-order valence-electron chi connectivity index (χ0n) is 17.0. The summed E-state index contributed by atoms with van der Waals surface area (Å²) in [5, 5.41) is 7.52. The second kappa shape index (κ2) is 10.4. The maximum Gasteiger partial charge on any atom is 0.194 e. The van der Waals surface area contributed by atoms with Gasteiger partial charge in [0.1, 0.15) is 12.2 Å². The van der Waals surface area contributed by atoms with Gasteiger partial charge in [-0.25, -0.2) is 4.98 Å². The van der Waals surface area contributed by atoms with Crippen LogP contribution in [0.3, 0.4) is 0 Å². The number of nitrogens with one attached hydrogen (secondary N) is 1. The number of ether oxygens (including phenoxy) is 1. The predicted molar refractivity (Wildman–Crippen MR) is 116 cm³/mol. The summed E-state index contributed by atoms with van der Waals surface area (Å²) >= 11 is 0. The summed E-state index contributed by atoms with van der Waals surface area (Å²) in [6.07, 6.45) is 4.15. The van der Waals surface area contributed by atoms with Crippen molar-refractivity contribution in [3.63, 3.8) is 0 Å². The molecule has 26 heavy (non-hydrogen) atoms. The Balaban J connectivity index is 0.00000338. The molecule has 2 heterocycles. The maximum absolute atomic E-state index is 6.08. The van der Waals surface area contributed by atoms with E-state index in [0.717, 1.165) is 37.9 Å². The highest BCUT2D eigenvalue weighted by atomic mass is 127. The standard InChI is InChI=1S/C18H34N6O.HI/c1-7-19-17(23(5)12-15-21-13-22-24(15)6)20-11-14-9-8-10-25-16(14)18(2,3)4;/h13-14,16H,7-12H2,1-6H3,(H,19,20);1H. The van der Waals surface area contributed by atoms with Crippen LogP contribution in [0.5, 0.6) is 0 Å². The highest BCUT2D eigenvalue weighted by molar-refractivity contribution is 14.0. The minimum Gasteiger partial charge on any atom is -0.377 e. The minimum atomic E-state index is 0. The van der Waals surface area contributed by atoms with Crippen LogP contribution < -0.4 is 5.32 Å². The summed E-state index contributed by atoms with van der Waals surface area (Å²) in [5.74, 6) is 2.29. The van der Waals surface area contributed by atoms with E-state index in [9.17, 15) is 0 Å². The van der Waals surface area contributed by atoms with Crippen LogP contribution in [0, 0.1) is 11.3 Å². The Morgan fingerprint density at radius 3 is 2.77 bits per heavy atom. The summed E-state index contributed by atoms with van der Waals surface area (Å²) in [6, 6.07) is 0. The van der Waals surface area contributed by atoms with Crippen LogP contribution in [-0.2, 0) is 18.3 Å². The molecular formula is C18H35IN6O. The first-order valence-corrected chi connectivity index (χ1v) is 9.26. The van der Waals surface area contributed by atoms with E-state index in [4.69, 9.17) is 9.73 Å². The molecule has 0 radical (unpaired) electrons. The van der Waals surface area contributed by atoms with Gasteiger partial charge in [-0.05, 0) is 25.2 Å². The minimum absolute atomic E-state index is 0. The van der Waals surface area contributed by atoms with Gasteiger partial charge in [-0.2, -0.15) is 5.10 Å². The second-order valence-corrected chi connectivity index (χ2v) is 7.91. The molecule has 2 unspecified atom stereocenters. The molecular weight excluding hydrogens is 443 g/mol. The number of aliphatic imine (C=N–C) groups is 1. The van der Waals surface area contributed by atoms with Crippen LogP contribution in [0.15, 0.2) is 11.3 Å². The van der Waals surface area contributed by atoms with Crippen LogP contribution >= 0.6 is 24.0 Å². The number of nitrogens with zero attached hydrogens (tertiary/aromatic N) is 5. The summed E-state index contributed by atoms with van der Waals surface area (Å²) in [4.78, 5) is 11.3. The Labute approximate surface area is 175 Å². The summed E-state index contributed by atoms with van der Waals surface area (Å²) in [7, 11) is 3.95. The largest absolute Gasteiger partial charge is 0.377 e. The fraction of sp³-hybridized carbons (Fsp3) is 0.833. The van der Waals surface area contributed by atoms with E-state index < -0.39 is 0 Å². The van der Waals surface area contributed by atoms with E-state index in [2.05, 4.69) is 48.0 Å². The smallest absolute Gasteiger partial charge is 0.194 e. The van der Waals surface area contributed by atoms with Gasteiger partial charge in [0.15, 0.2) is 5.96 Å². The van der Waals surface area contributed by atoms with E-state index in [1.807, 2.05) is 14.1 Å². The molecule has 2 atom stereocenters. The molecule has 7 nitrogen and oxygen atoms in total. The molecule has 0 amide bonds. The second-order valence-electron chi connectivity index (χ2n) is 7.91. The molecule has 2 rings (SSSR count). The van der Waals surface area contributed by atoms with E-state index in [0.29, 0.717) is 12.5 Å². The van der Waals surface area contributed by atoms with E-state index >= 15 is 0 Å². The first-order chi connectivity index (χ1) is 11.8.